The second kappa shape index (κ2) is 7.20. The molecule has 1 atom stereocenters. The Balaban J connectivity index is 1.98. The molecule has 1 saturated heterocycles. The first-order valence-electron chi connectivity index (χ1n) is 7.42. The van der Waals surface area contributed by atoms with E-state index in [9.17, 15) is 9.59 Å². The van der Waals surface area contributed by atoms with Crippen LogP contribution >= 0.6 is 11.8 Å². The summed E-state index contributed by atoms with van der Waals surface area (Å²) in [7, 11) is 1.87. The monoisotopic (exact) mass is 300 g/mol. The van der Waals surface area contributed by atoms with Gasteiger partial charge in [0, 0.05) is 31.1 Å². The molecule has 0 bridgehead atoms. The van der Waals surface area contributed by atoms with E-state index in [0.29, 0.717) is 12.6 Å². The lowest BCUT2D eigenvalue weighted by molar-refractivity contribution is -0.138. The van der Waals surface area contributed by atoms with E-state index in [1.54, 1.807) is 16.7 Å². The Morgan fingerprint density at radius 2 is 2.00 bits per heavy atom. The van der Waals surface area contributed by atoms with E-state index in [-0.39, 0.29) is 18.5 Å². The second-order valence-electron chi connectivity index (χ2n) is 5.71. The van der Waals surface area contributed by atoms with E-state index in [4.69, 9.17) is 5.11 Å². The topological polar surface area (TPSA) is 60.9 Å². The largest absolute Gasteiger partial charge is 0.481 e. The molecule has 5 nitrogen and oxygen atoms in total. The van der Waals surface area contributed by atoms with Crippen LogP contribution in [0.1, 0.15) is 38.5 Å². The number of aliphatic carboxylic acids is 1. The highest BCUT2D eigenvalue weighted by molar-refractivity contribution is 7.99. The zero-order valence-electron chi connectivity index (χ0n) is 12.1. The number of hydrogen-bond acceptors (Lipinski definition) is 3. The zero-order valence-corrected chi connectivity index (χ0v) is 12.9. The third kappa shape index (κ3) is 3.81. The zero-order chi connectivity index (χ0) is 14.5. The highest BCUT2D eigenvalue weighted by atomic mass is 32.2. The van der Waals surface area contributed by atoms with Gasteiger partial charge in [0.1, 0.15) is 0 Å². The summed E-state index contributed by atoms with van der Waals surface area (Å²) in [4.78, 5) is 27.2. The molecular weight excluding hydrogens is 276 g/mol. The average Bonchev–Trinajstić information content (AvgIpc) is 2.46. The molecule has 2 fully saturated rings. The van der Waals surface area contributed by atoms with Gasteiger partial charge in [-0.25, -0.2) is 4.79 Å². The Labute approximate surface area is 124 Å². The second-order valence-corrected chi connectivity index (χ2v) is 6.86. The molecule has 0 radical (unpaired) electrons. The number of nitrogens with zero attached hydrogens (tertiary/aromatic N) is 2. The van der Waals surface area contributed by atoms with Crippen molar-refractivity contribution in [1.82, 2.24) is 9.80 Å². The quantitative estimate of drug-likeness (QED) is 0.868. The molecule has 1 saturated carbocycles. The minimum absolute atomic E-state index is 0.0171. The lowest BCUT2D eigenvalue weighted by Gasteiger charge is -2.40. The average molecular weight is 300 g/mol. The highest BCUT2D eigenvalue weighted by Crippen LogP contribution is 2.25. The lowest BCUT2D eigenvalue weighted by atomic mass is 9.94. The van der Waals surface area contributed by atoms with Crippen LogP contribution in [0.3, 0.4) is 0 Å². The Morgan fingerprint density at radius 1 is 1.30 bits per heavy atom. The minimum Gasteiger partial charge on any atom is -0.481 e. The van der Waals surface area contributed by atoms with Crippen LogP contribution in [0, 0.1) is 0 Å². The fourth-order valence-electron chi connectivity index (χ4n) is 3.10. The molecule has 1 aliphatic heterocycles. The summed E-state index contributed by atoms with van der Waals surface area (Å²) >= 11 is 1.74. The van der Waals surface area contributed by atoms with E-state index in [1.165, 1.54) is 19.3 Å². The van der Waals surface area contributed by atoms with Gasteiger partial charge in [0.05, 0.1) is 12.5 Å². The van der Waals surface area contributed by atoms with Crippen LogP contribution in [0.2, 0.25) is 0 Å². The van der Waals surface area contributed by atoms with Gasteiger partial charge in [-0.2, -0.15) is 11.8 Å². The van der Waals surface area contributed by atoms with Gasteiger partial charge in [-0.15, -0.1) is 0 Å². The Morgan fingerprint density at radius 3 is 2.65 bits per heavy atom. The van der Waals surface area contributed by atoms with E-state index in [1.807, 2.05) is 11.9 Å². The molecule has 1 aliphatic carbocycles. The molecule has 0 aromatic heterocycles. The van der Waals surface area contributed by atoms with E-state index in [0.717, 1.165) is 24.3 Å². The molecule has 2 aliphatic rings. The van der Waals surface area contributed by atoms with Crippen LogP contribution in [-0.2, 0) is 4.79 Å². The van der Waals surface area contributed by atoms with Gasteiger partial charge in [0.2, 0.25) is 0 Å². The van der Waals surface area contributed by atoms with E-state index in [2.05, 4.69) is 0 Å². The van der Waals surface area contributed by atoms with Crippen LogP contribution in [0.15, 0.2) is 0 Å². The van der Waals surface area contributed by atoms with Gasteiger partial charge in [0.15, 0.2) is 0 Å². The molecule has 0 aromatic carbocycles. The molecule has 6 heteroatoms. The van der Waals surface area contributed by atoms with Crippen molar-refractivity contribution in [2.45, 2.75) is 50.6 Å². The van der Waals surface area contributed by atoms with Gasteiger partial charge >= 0.3 is 12.0 Å². The summed E-state index contributed by atoms with van der Waals surface area (Å²) in [6.45, 7) is 0.665. The van der Waals surface area contributed by atoms with Crippen molar-refractivity contribution >= 4 is 23.8 Å². The summed E-state index contributed by atoms with van der Waals surface area (Å²) in [5.41, 5.74) is 0. The van der Waals surface area contributed by atoms with E-state index >= 15 is 0 Å². The van der Waals surface area contributed by atoms with Crippen molar-refractivity contribution < 1.29 is 14.7 Å². The summed E-state index contributed by atoms with van der Waals surface area (Å²) in [5, 5.41) is 8.99. The van der Waals surface area contributed by atoms with E-state index < -0.39 is 5.97 Å². The maximum Gasteiger partial charge on any atom is 0.320 e. The number of carboxylic acid groups (broad SMARTS) is 1. The van der Waals surface area contributed by atoms with Crippen molar-refractivity contribution in [2.75, 3.05) is 25.1 Å². The molecule has 2 amide bonds. The Bertz CT molecular complexity index is 358. The van der Waals surface area contributed by atoms with Crippen LogP contribution < -0.4 is 0 Å². The number of carbonyl (C=O) groups excluding carboxylic acids is 1. The number of thioether (sulfide) groups is 1. The van der Waals surface area contributed by atoms with Crippen LogP contribution in [0.25, 0.3) is 0 Å². The number of carbonyl (C=O) groups is 2. The first kappa shape index (κ1) is 15.5. The lowest BCUT2D eigenvalue weighted by Crippen LogP contribution is -2.54. The number of carboxylic acids is 1. The summed E-state index contributed by atoms with van der Waals surface area (Å²) in [6.07, 6.45) is 5.86. The summed E-state index contributed by atoms with van der Waals surface area (Å²) in [6, 6.07) is 0.185. The number of amides is 2. The molecule has 0 aromatic rings. The molecule has 20 heavy (non-hydrogen) atoms. The fourth-order valence-corrected chi connectivity index (χ4v) is 4.17. The van der Waals surface area contributed by atoms with Gasteiger partial charge in [-0.3, -0.25) is 4.79 Å². The van der Waals surface area contributed by atoms with Gasteiger partial charge < -0.3 is 14.9 Å². The Hall–Kier alpha value is -0.910. The number of hydrogen-bond donors (Lipinski definition) is 1. The van der Waals surface area contributed by atoms with Crippen LogP contribution in [0.5, 0.6) is 0 Å². The number of urea groups is 1. The predicted octanol–water partition coefficient (Wildman–Crippen LogP) is 2.26. The van der Waals surface area contributed by atoms with Crippen molar-refractivity contribution in [3.8, 4) is 0 Å². The predicted molar refractivity (Wildman–Crippen MR) is 80.1 cm³/mol. The normalized spacial score (nSPS) is 24.4. The molecule has 1 heterocycles. The minimum atomic E-state index is -0.824. The van der Waals surface area contributed by atoms with Crippen LogP contribution in [0.4, 0.5) is 4.79 Å². The molecule has 0 spiro atoms. The van der Waals surface area contributed by atoms with Crippen molar-refractivity contribution in [3.05, 3.63) is 0 Å². The van der Waals surface area contributed by atoms with Gasteiger partial charge in [0.25, 0.3) is 0 Å². The standard InChI is InChI=1S/C14H24N2O3S/c1-15(11-5-3-2-4-6-11)14(19)16-7-8-20-10-12(16)9-13(17)18/h11-12H,2-10H2,1H3,(H,17,18). The summed E-state index contributed by atoms with van der Waals surface area (Å²) in [5.74, 6) is 0.812. The SMILES string of the molecule is CN(C(=O)N1CCSCC1CC(=O)O)C1CCCCC1. The summed E-state index contributed by atoms with van der Waals surface area (Å²) < 4.78 is 0. The highest BCUT2D eigenvalue weighted by Gasteiger charge is 2.33. The molecule has 1 unspecified atom stereocenters. The number of rotatable bonds is 3. The third-order valence-corrected chi connectivity index (χ3v) is 5.40. The van der Waals surface area contributed by atoms with Crippen LogP contribution in [-0.4, -0.2) is 64.1 Å². The third-order valence-electron chi connectivity index (χ3n) is 4.31. The van der Waals surface area contributed by atoms with Gasteiger partial charge in [-0.05, 0) is 12.8 Å². The first-order chi connectivity index (χ1) is 9.59. The maximum atomic E-state index is 12.6. The fraction of sp³-hybridized carbons (Fsp3) is 0.857. The van der Waals surface area contributed by atoms with Crippen molar-refractivity contribution in [3.63, 3.8) is 0 Å². The molecular formula is C14H24N2O3S. The maximum absolute atomic E-state index is 12.6. The molecule has 2 rings (SSSR count). The van der Waals surface area contributed by atoms with Crippen molar-refractivity contribution in [2.24, 2.45) is 0 Å². The van der Waals surface area contributed by atoms with Crippen molar-refractivity contribution in [1.29, 1.82) is 0 Å². The molecule has 1 N–H and O–H groups in total. The smallest absolute Gasteiger partial charge is 0.320 e. The van der Waals surface area contributed by atoms with Gasteiger partial charge in [-0.1, -0.05) is 19.3 Å². The molecule has 114 valence electrons. The first-order valence-corrected chi connectivity index (χ1v) is 8.58. The Kier molecular flexibility index (Phi) is 5.57.